The van der Waals surface area contributed by atoms with E-state index in [9.17, 15) is 26.7 Å². The molecule has 90 valence electrons. The Kier molecular flexibility index (Phi) is 3.72. The minimum Gasteiger partial charge on any atom is -0.363 e. The third-order valence-electron chi connectivity index (χ3n) is 1.86. The van der Waals surface area contributed by atoms with Crippen molar-refractivity contribution in [3.05, 3.63) is 33.2 Å². The van der Waals surface area contributed by atoms with Crippen LogP contribution in [0.25, 0.3) is 0 Å². The fourth-order valence-corrected chi connectivity index (χ4v) is 1.60. The molecule has 0 unspecified atom stereocenters. The van der Waals surface area contributed by atoms with Gasteiger partial charge in [0.05, 0.1) is 5.56 Å². The van der Waals surface area contributed by atoms with Gasteiger partial charge in [0.2, 0.25) is 5.43 Å². The van der Waals surface area contributed by atoms with Gasteiger partial charge in [-0.2, -0.15) is 13.2 Å². The minimum atomic E-state index is -4.94. The number of hydrogen-bond donors (Lipinski definition) is 1. The predicted octanol–water partition coefficient (Wildman–Crippen LogP) is 3.23. The summed E-state index contributed by atoms with van der Waals surface area (Å²) in [5.41, 5.74) is -4.71. The standard InChI is InChI=1S/C8H5BrF5NO/c9-1-4-5(7(10)11)6(16)3(2-15-4)8(12,13)14/h2,7H,1H2,(H,15,16). The Labute approximate surface area is 94.6 Å². The number of rotatable bonds is 2. The summed E-state index contributed by atoms with van der Waals surface area (Å²) in [5, 5.41) is -0.153. The average molecular weight is 306 g/mol. The lowest BCUT2D eigenvalue weighted by atomic mass is 10.1. The third-order valence-corrected chi connectivity index (χ3v) is 2.42. The molecule has 8 heteroatoms. The summed E-state index contributed by atoms with van der Waals surface area (Å²) in [6.45, 7) is 0. The molecule has 0 spiro atoms. The Balaban J connectivity index is 3.51. The van der Waals surface area contributed by atoms with E-state index in [1.54, 1.807) is 0 Å². The van der Waals surface area contributed by atoms with Crippen LogP contribution in [0.3, 0.4) is 0 Å². The maximum Gasteiger partial charge on any atom is 0.421 e. The third kappa shape index (κ3) is 2.42. The Hall–Kier alpha value is -0.920. The second-order valence-corrected chi connectivity index (χ2v) is 3.42. The van der Waals surface area contributed by atoms with Gasteiger partial charge < -0.3 is 4.98 Å². The molecule has 0 aliphatic rings. The fourth-order valence-electron chi connectivity index (χ4n) is 1.14. The molecular weight excluding hydrogens is 301 g/mol. The molecule has 1 N–H and O–H groups in total. The quantitative estimate of drug-likeness (QED) is 0.660. The molecule has 0 aromatic carbocycles. The Morgan fingerprint density at radius 1 is 1.38 bits per heavy atom. The maximum absolute atomic E-state index is 12.4. The second-order valence-electron chi connectivity index (χ2n) is 2.86. The number of aromatic amines is 1. The molecule has 0 bridgehead atoms. The van der Waals surface area contributed by atoms with Gasteiger partial charge in [0.1, 0.15) is 5.56 Å². The largest absolute Gasteiger partial charge is 0.421 e. The van der Waals surface area contributed by atoms with Crippen LogP contribution in [0.2, 0.25) is 0 Å². The van der Waals surface area contributed by atoms with Crippen LogP contribution < -0.4 is 5.43 Å². The molecule has 2 nitrogen and oxygen atoms in total. The van der Waals surface area contributed by atoms with Crippen LogP contribution in [-0.2, 0) is 11.5 Å². The number of halogens is 6. The predicted molar refractivity (Wildman–Crippen MR) is 49.7 cm³/mol. The molecule has 1 aromatic heterocycles. The van der Waals surface area contributed by atoms with Crippen molar-refractivity contribution < 1.29 is 22.0 Å². The first-order valence-electron chi connectivity index (χ1n) is 3.94. The summed E-state index contributed by atoms with van der Waals surface area (Å²) in [6, 6.07) is 0. The van der Waals surface area contributed by atoms with Gasteiger partial charge >= 0.3 is 6.18 Å². The van der Waals surface area contributed by atoms with Gasteiger partial charge in [-0.05, 0) is 0 Å². The molecule has 1 heterocycles. The van der Waals surface area contributed by atoms with Gasteiger partial charge in [-0.25, -0.2) is 8.78 Å². The molecule has 0 aliphatic carbocycles. The summed E-state index contributed by atoms with van der Waals surface area (Å²) < 4.78 is 61.6. The van der Waals surface area contributed by atoms with Crippen LogP contribution in [0, 0.1) is 0 Å². The number of hydrogen-bond acceptors (Lipinski definition) is 1. The Morgan fingerprint density at radius 3 is 2.31 bits per heavy atom. The van der Waals surface area contributed by atoms with Crippen molar-refractivity contribution in [3.8, 4) is 0 Å². The van der Waals surface area contributed by atoms with Crippen molar-refractivity contribution in [2.45, 2.75) is 17.9 Å². The summed E-state index contributed by atoms with van der Waals surface area (Å²) in [4.78, 5) is 13.2. The van der Waals surface area contributed by atoms with Crippen LogP contribution in [0.4, 0.5) is 22.0 Å². The number of alkyl halides is 6. The SMILES string of the molecule is O=c1c(C(F)(F)F)c[nH]c(CBr)c1C(F)F. The van der Waals surface area contributed by atoms with Crippen molar-refractivity contribution in [2.24, 2.45) is 0 Å². The zero-order chi connectivity index (χ0) is 12.5. The highest BCUT2D eigenvalue weighted by molar-refractivity contribution is 9.08. The zero-order valence-electron chi connectivity index (χ0n) is 7.54. The molecule has 1 aromatic rings. The molecule has 16 heavy (non-hydrogen) atoms. The molecule has 1 rings (SSSR count). The van der Waals surface area contributed by atoms with Gasteiger partial charge in [-0.15, -0.1) is 0 Å². The number of H-pyrrole nitrogens is 1. The summed E-state index contributed by atoms with van der Waals surface area (Å²) in [7, 11) is 0. The summed E-state index contributed by atoms with van der Waals surface area (Å²) in [5.74, 6) is 0. The molecule has 0 amide bonds. The maximum atomic E-state index is 12.4. The minimum absolute atomic E-state index is 0.153. The Morgan fingerprint density at radius 2 is 1.94 bits per heavy atom. The number of aromatic nitrogens is 1. The van der Waals surface area contributed by atoms with E-state index in [-0.39, 0.29) is 11.0 Å². The van der Waals surface area contributed by atoms with Gasteiger partial charge in [0.15, 0.2) is 0 Å². The van der Waals surface area contributed by atoms with Crippen LogP contribution >= 0.6 is 15.9 Å². The normalized spacial score (nSPS) is 12.2. The zero-order valence-corrected chi connectivity index (χ0v) is 9.12. The summed E-state index contributed by atoms with van der Waals surface area (Å²) >= 11 is 2.80. The summed E-state index contributed by atoms with van der Waals surface area (Å²) in [6.07, 6.45) is -7.80. The van der Waals surface area contributed by atoms with Gasteiger partial charge in [-0.1, -0.05) is 15.9 Å². The van der Waals surface area contributed by atoms with Crippen molar-refractivity contribution >= 4 is 15.9 Å². The lowest BCUT2D eigenvalue weighted by Crippen LogP contribution is -2.24. The molecule has 0 fully saturated rings. The second kappa shape index (κ2) is 4.52. The number of nitrogens with one attached hydrogen (secondary N) is 1. The highest BCUT2D eigenvalue weighted by Crippen LogP contribution is 2.29. The van der Waals surface area contributed by atoms with E-state index in [1.165, 1.54) is 0 Å². The first-order chi connectivity index (χ1) is 7.29. The molecule has 0 saturated heterocycles. The van der Waals surface area contributed by atoms with E-state index < -0.39 is 29.2 Å². The fraction of sp³-hybridized carbons (Fsp3) is 0.375. The monoisotopic (exact) mass is 305 g/mol. The van der Waals surface area contributed by atoms with Gasteiger partial charge in [-0.3, -0.25) is 4.79 Å². The molecular formula is C8H5BrF5NO. The van der Waals surface area contributed by atoms with Gasteiger partial charge in [0.25, 0.3) is 6.43 Å². The van der Waals surface area contributed by atoms with E-state index in [4.69, 9.17) is 0 Å². The first kappa shape index (κ1) is 13.1. The highest BCUT2D eigenvalue weighted by atomic mass is 79.9. The van der Waals surface area contributed by atoms with Crippen LogP contribution in [0.5, 0.6) is 0 Å². The van der Waals surface area contributed by atoms with Gasteiger partial charge in [0, 0.05) is 17.2 Å². The highest BCUT2D eigenvalue weighted by Gasteiger charge is 2.36. The van der Waals surface area contributed by atoms with Crippen molar-refractivity contribution in [1.82, 2.24) is 4.98 Å². The number of pyridine rings is 1. The van der Waals surface area contributed by atoms with E-state index in [0.29, 0.717) is 6.20 Å². The van der Waals surface area contributed by atoms with E-state index in [1.807, 2.05) is 4.98 Å². The molecule has 0 radical (unpaired) electrons. The van der Waals surface area contributed by atoms with Crippen LogP contribution in [0.1, 0.15) is 23.2 Å². The van der Waals surface area contributed by atoms with Crippen LogP contribution in [-0.4, -0.2) is 4.98 Å². The lowest BCUT2D eigenvalue weighted by Gasteiger charge is -2.10. The van der Waals surface area contributed by atoms with E-state index in [2.05, 4.69) is 15.9 Å². The van der Waals surface area contributed by atoms with Crippen molar-refractivity contribution in [2.75, 3.05) is 0 Å². The first-order valence-corrected chi connectivity index (χ1v) is 5.07. The van der Waals surface area contributed by atoms with Crippen molar-refractivity contribution in [1.29, 1.82) is 0 Å². The molecule has 0 atom stereocenters. The molecule has 0 saturated carbocycles. The van der Waals surface area contributed by atoms with Crippen LogP contribution in [0.15, 0.2) is 11.0 Å². The smallest absolute Gasteiger partial charge is 0.363 e. The average Bonchev–Trinajstić information content (AvgIpc) is 2.14. The lowest BCUT2D eigenvalue weighted by molar-refractivity contribution is -0.138. The van der Waals surface area contributed by atoms with E-state index in [0.717, 1.165) is 0 Å². The van der Waals surface area contributed by atoms with Crippen molar-refractivity contribution in [3.63, 3.8) is 0 Å². The van der Waals surface area contributed by atoms with E-state index >= 15 is 0 Å². The topological polar surface area (TPSA) is 32.9 Å². The Bertz CT molecular complexity index is 439. The molecule has 0 aliphatic heterocycles.